The summed E-state index contributed by atoms with van der Waals surface area (Å²) < 4.78 is 12.2. The molecule has 1 heterocycles. The molecule has 35 heavy (non-hydrogen) atoms. The number of hydrogen-bond acceptors (Lipinski definition) is 6. The van der Waals surface area contributed by atoms with E-state index in [9.17, 15) is 9.59 Å². The Kier molecular flexibility index (Phi) is 8.05. The Labute approximate surface area is 222 Å². The number of carbonyl (C=O) groups excluding carboxylic acids is 2. The average molecular weight is 569 g/mol. The molecule has 0 spiro atoms. The van der Waals surface area contributed by atoms with Crippen LogP contribution in [0.3, 0.4) is 0 Å². The van der Waals surface area contributed by atoms with Gasteiger partial charge in [0.15, 0.2) is 6.04 Å². The van der Waals surface area contributed by atoms with Crippen LogP contribution in [0.4, 0.5) is 0 Å². The molecule has 0 N–H and O–H groups in total. The van der Waals surface area contributed by atoms with E-state index in [-0.39, 0.29) is 10.2 Å². The SMILES string of the molecule is COC(=O)C(c1ccccc1)N1C(=O)/C(=C\c2cc(Br)ccc2OCc2ccc(C)cc2)SC1=S. The Morgan fingerprint density at radius 3 is 2.51 bits per heavy atom. The molecule has 0 radical (unpaired) electrons. The van der Waals surface area contributed by atoms with Gasteiger partial charge in [0.1, 0.15) is 16.7 Å². The minimum atomic E-state index is -0.959. The van der Waals surface area contributed by atoms with Gasteiger partial charge in [0, 0.05) is 10.0 Å². The van der Waals surface area contributed by atoms with Crippen molar-refractivity contribution in [3.8, 4) is 5.75 Å². The summed E-state index contributed by atoms with van der Waals surface area (Å²) in [6, 6.07) is 21.8. The van der Waals surface area contributed by atoms with Crippen LogP contribution in [0.25, 0.3) is 6.08 Å². The molecule has 0 aromatic heterocycles. The first kappa shape index (κ1) is 25.2. The van der Waals surface area contributed by atoms with Crippen LogP contribution in [0.5, 0.6) is 5.75 Å². The number of ether oxygens (including phenoxy) is 2. The number of aryl methyl sites for hydroxylation is 1. The van der Waals surface area contributed by atoms with E-state index in [1.54, 1.807) is 30.3 Å². The maximum absolute atomic E-state index is 13.5. The minimum absolute atomic E-state index is 0.289. The highest BCUT2D eigenvalue weighted by molar-refractivity contribution is 9.10. The lowest BCUT2D eigenvalue weighted by atomic mass is 10.1. The van der Waals surface area contributed by atoms with E-state index >= 15 is 0 Å². The van der Waals surface area contributed by atoms with Crippen molar-refractivity contribution in [2.45, 2.75) is 19.6 Å². The van der Waals surface area contributed by atoms with E-state index in [4.69, 9.17) is 21.7 Å². The van der Waals surface area contributed by atoms with Gasteiger partial charge in [0.25, 0.3) is 5.91 Å². The van der Waals surface area contributed by atoms with Crippen LogP contribution in [-0.4, -0.2) is 28.2 Å². The molecule has 0 bridgehead atoms. The molecule has 1 aliphatic heterocycles. The number of thioether (sulfide) groups is 1. The molecule has 0 saturated carbocycles. The van der Waals surface area contributed by atoms with E-state index in [1.165, 1.54) is 17.6 Å². The summed E-state index contributed by atoms with van der Waals surface area (Å²) >= 11 is 10.2. The number of benzene rings is 3. The molecule has 1 atom stereocenters. The Morgan fingerprint density at radius 1 is 1.11 bits per heavy atom. The zero-order chi connectivity index (χ0) is 24.9. The van der Waals surface area contributed by atoms with Crippen molar-refractivity contribution in [3.63, 3.8) is 0 Å². The van der Waals surface area contributed by atoms with Gasteiger partial charge >= 0.3 is 5.97 Å². The fraction of sp³-hybridized carbons (Fsp3) is 0.148. The first-order chi connectivity index (χ1) is 16.9. The second-order valence-electron chi connectivity index (χ2n) is 7.84. The normalized spacial score (nSPS) is 15.4. The second kappa shape index (κ2) is 11.2. The van der Waals surface area contributed by atoms with E-state index < -0.39 is 12.0 Å². The molecule has 0 aliphatic carbocycles. The summed E-state index contributed by atoms with van der Waals surface area (Å²) in [7, 11) is 1.30. The predicted molar refractivity (Wildman–Crippen MR) is 146 cm³/mol. The van der Waals surface area contributed by atoms with Gasteiger partial charge in [0.05, 0.1) is 12.0 Å². The number of methoxy groups -OCH3 is 1. The van der Waals surface area contributed by atoms with Crippen molar-refractivity contribution in [3.05, 3.63) is 104 Å². The largest absolute Gasteiger partial charge is 0.488 e. The highest BCUT2D eigenvalue weighted by Gasteiger charge is 2.42. The van der Waals surface area contributed by atoms with Crippen molar-refractivity contribution < 1.29 is 19.1 Å². The molecule has 4 rings (SSSR count). The highest BCUT2D eigenvalue weighted by atomic mass is 79.9. The number of thiocarbonyl (C=S) groups is 1. The van der Waals surface area contributed by atoms with Gasteiger partial charge in [-0.2, -0.15) is 0 Å². The van der Waals surface area contributed by atoms with Crippen molar-refractivity contribution in [2.75, 3.05) is 7.11 Å². The van der Waals surface area contributed by atoms with Crippen molar-refractivity contribution in [1.29, 1.82) is 0 Å². The van der Waals surface area contributed by atoms with Gasteiger partial charge in [-0.05, 0) is 42.3 Å². The third kappa shape index (κ3) is 5.83. The molecule has 8 heteroatoms. The zero-order valence-corrected chi connectivity index (χ0v) is 22.3. The van der Waals surface area contributed by atoms with E-state index in [0.29, 0.717) is 22.8 Å². The molecular weight excluding hydrogens is 546 g/mol. The monoisotopic (exact) mass is 567 g/mol. The molecule has 3 aromatic rings. The summed E-state index contributed by atoms with van der Waals surface area (Å²) in [6.07, 6.45) is 1.74. The standard InChI is InChI=1S/C27H22BrNO4S2/c1-17-8-10-18(11-9-17)16-33-22-13-12-21(28)14-20(22)15-23-25(30)29(27(34)35-23)24(26(31)32-2)19-6-4-3-5-7-19/h3-15,24H,16H2,1-2H3/b23-15+. The number of carbonyl (C=O) groups is 2. The Hall–Kier alpha value is -2.94. The van der Waals surface area contributed by atoms with Gasteiger partial charge in [-0.25, -0.2) is 4.79 Å². The molecule has 1 fully saturated rings. The van der Waals surface area contributed by atoms with Crippen LogP contribution >= 0.6 is 39.9 Å². The van der Waals surface area contributed by atoms with E-state index in [1.807, 2.05) is 55.5 Å². The van der Waals surface area contributed by atoms with Crippen molar-refractivity contribution in [1.82, 2.24) is 4.90 Å². The lowest BCUT2D eigenvalue weighted by molar-refractivity contribution is -0.148. The lowest BCUT2D eigenvalue weighted by Crippen LogP contribution is -2.37. The zero-order valence-electron chi connectivity index (χ0n) is 19.1. The van der Waals surface area contributed by atoms with Crippen molar-refractivity contribution in [2.24, 2.45) is 0 Å². The Balaban J connectivity index is 1.63. The number of halogens is 1. The third-order valence-electron chi connectivity index (χ3n) is 5.39. The number of esters is 1. The highest BCUT2D eigenvalue weighted by Crippen LogP contribution is 2.40. The number of rotatable bonds is 7. The van der Waals surface area contributed by atoms with Gasteiger partial charge in [0.2, 0.25) is 0 Å². The molecule has 1 unspecified atom stereocenters. The van der Waals surface area contributed by atoms with Gasteiger partial charge in [-0.15, -0.1) is 0 Å². The lowest BCUT2D eigenvalue weighted by Gasteiger charge is -2.24. The van der Waals surface area contributed by atoms with E-state index in [0.717, 1.165) is 27.4 Å². The summed E-state index contributed by atoms with van der Waals surface area (Å²) in [5.41, 5.74) is 3.57. The smallest absolute Gasteiger partial charge is 0.333 e. The number of nitrogens with zero attached hydrogens (tertiary/aromatic N) is 1. The quantitative estimate of drug-likeness (QED) is 0.186. The van der Waals surface area contributed by atoms with Gasteiger partial charge in [-0.3, -0.25) is 9.69 Å². The number of amides is 1. The number of hydrogen-bond donors (Lipinski definition) is 0. The molecule has 3 aromatic carbocycles. The fourth-order valence-electron chi connectivity index (χ4n) is 3.59. The Bertz CT molecular complexity index is 1290. The molecule has 5 nitrogen and oxygen atoms in total. The molecule has 1 amide bonds. The minimum Gasteiger partial charge on any atom is -0.488 e. The predicted octanol–water partition coefficient (Wildman–Crippen LogP) is 6.45. The summed E-state index contributed by atoms with van der Waals surface area (Å²) in [6.45, 7) is 2.43. The van der Waals surface area contributed by atoms with Gasteiger partial charge < -0.3 is 9.47 Å². The summed E-state index contributed by atoms with van der Waals surface area (Å²) in [5, 5.41) is 0. The van der Waals surface area contributed by atoms with Crippen LogP contribution in [0, 0.1) is 6.92 Å². The Morgan fingerprint density at radius 2 is 1.83 bits per heavy atom. The first-order valence-corrected chi connectivity index (χ1v) is 12.8. The topological polar surface area (TPSA) is 55.8 Å². The average Bonchev–Trinajstić information content (AvgIpc) is 3.13. The van der Waals surface area contributed by atoms with Crippen LogP contribution in [0.15, 0.2) is 82.2 Å². The molecule has 1 saturated heterocycles. The molecule has 1 aliphatic rings. The maximum atomic E-state index is 13.5. The summed E-state index contributed by atoms with van der Waals surface area (Å²) in [5.74, 6) is -0.284. The van der Waals surface area contributed by atoms with Crippen LogP contribution in [-0.2, 0) is 20.9 Å². The molecular formula is C27H22BrNO4S2. The van der Waals surface area contributed by atoms with Crippen LogP contribution in [0.1, 0.15) is 28.3 Å². The summed E-state index contributed by atoms with van der Waals surface area (Å²) in [4.78, 5) is 27.8. The van der Waals surface area contributed by atoms with Crippen LogP contribution < -0.4 is 4.74 Å². The van der Waals surface area contributed by atoms with E-state index in [2.05, 4.69) is 15.9 Å². The fourth-order valence-corrected chi connectivity index (χ4v) is 5.27. The second-order valence-corrected chi connectivity index (χ2v) is 10.4. The molecule has 178 valence electrons. The first-order valence-electron chi connectivity index (χ1n) is 10.7. The third-order valence-corrected chi connectivity index (χ3v) is 7.22. The maximum Gasteiger partial charge on any atom is 0.333 e. The van der Waals surface area contributed by atoms with Crippen molar-refractivity contribution >= 4 is 62.2 Å². The van der Waals surface area contributed by atoms with Crippen LogP contribution in [0.2, 0.25) is 0 Å². The van der Waals surface area contributed by atoms with Gasteiger partial charge in [-0.1, -0.05) is 100 Å².